The van der Waals surface area contributed by atoms with Crippen LogP contribution in [0.2, 0.25) is 0 Å². The molecule has 0 saturated heterocycles. The van der Waals surface area contributed by atoms with Gasteiger partial charge in [0.2, 0.25) is 0 Å². The van der Waals surface area contributed by atoms with Crippen molar-refractivity contribution in [1.29, 1.82) is 0 Å². The maximum Gasteiger partial charge on any atom is 0.184 e. The highest BCUT2D eigenvalue weighted by atomic mass is 79.9. The summed E-state index contributed by atoms with van der Waals surface area (Å²) in [5, 5.41) is 3.68. The summed E-state index contributed by atoms with van der Waals surface area (Å²) < 4.78 is 13.8. The summed E-state index contributed by atoms with van der Waals surface area (Å²) in [6.07, 6.45) is 1.31. The van der Waals surface area contributed by atoms with Crippen molar-refractivity contribution >= 4 is 39.5 Å². The standard InChI is InChI=1S/C8H7BrFN3S/c9-6-2-1-5(7(10)3-6)4-12-13-8(11)14/h1-4H,(H3,11,13,14)/b12-4+. The Labute approximate surface area is 94.3 Å². The first kappa shape index (κ1) is 11.1. The Kier molecular flexibility index (Phi) is 3.97. The number of nitrogens with one attached hydrogen (secondary N) is 1. The molecule has 3 nitrogen and oxygen atoms in total. The van der Waals surface area contributed by atoms with Crippen LogP contribution in [-0.2, 0) is 0 Å². The number of rotatable bonds is 2. The molecule has 74 valence electrons. The molecule has 0 saturated carbocycles. The van der Waals surface area contributed by atoms with Crippen LogP contribution in [0, 0.1) is 5.82 Å². The van der Waals surface area contributed by atoms with Crippen molar-refractivity contribution in [2.24, 2.45) is 10.8 Å². The van der Waals surface area contributed by atoms with E-state index in [9.17, 15) is 4.39 Å². The molecular formula is C8H7BrFN3S. The van der Waals surface area contributed by atoms with Gasteiger partial charge in [-0.15, -0.1) is 0 Å². The van der Waals surface area contributed by atoms with Crippen LogP contribution < -0.4 is 11.2 Å². The molecule has 0 atom stereocenters. The second kappa shape index (κ2) is 5.02. The lowest BCUT2D eigenvalue weighted by Crippen LogP contribution is -2.24. The van der Waals surface area contributed by atoms with Gasteiger partial charge in [0.25, 0.3) is 0 Å². The Morgan fingerprint density at radius 2 is 2.36 bits per heavy atom. The van der Waals surface area contributed by atoms with Gasteiger partial charge in [-0.3, -0.25) is 5.43 Å². The van der Waals surface area contributed by atoms with E-state index in [0.717, 1.165) is 0 Å². The molecule has 0 bridgehead atoms. The van der Waals surface area contributed by atoms with Crippen LogP contribution >= 0.6 is 28.1 Å². The van der Waals surface area contributed by atoms with Gasteiger partial charge in [0, 0.05) is 10.0 Å². The maximum atomic E-state index is 13.2. The number of hydrazone groups is 1. The van der Waals surface area contributed by atoms with Crippen molar-refractivity contribution in [2.45, 2.75) is 0 Å². The highest BCUT2D eigenvalue weighted by molar-refractivity contribution is 9.10. The zero-order valence-corrected chi connectivity index (χ0v) is 9.40. The smallest absolute Gasteiger partial charge is 0.184 e. The zero-order valence-electron chi connectivity index (χ0n) is 7.00. The fourth-order valence-electron chi connectivity index (χ4n) is 0.772. The lowest BCUT2D eigenvalue weighted by molar-refractivity contribution is 0.625. The number of halogens is 2. The largest absolute Gasteiger partial charge is 0.375 e. The van der Waals surface area contributed by atoms with Gasteiger partial charge in [-0.1, -0.05) is 15.9 Å². The molecule has 0 aliphatic heterocycles. The average molecular weight is 276 g/mol. The van der Waals surface area contributed by atoms with Crippen molar-refractivity contribution < 1.29 is 4.39 Å². The number of thiocarbonyl (C=S) groups is 1. The van der Waals surface area contributed by atoms with Gasteiger partial charge < -0.3 is 5.73 Å². The summed E-state index contributed by atoms with van der Waals surface area (Å²) in [6.45, 7) is 0. The van der Waals surface area contributed by atoms with Crippen molar-refractivity contribution in [3.05, 3.63) is 34.1 Å². The van der Waals surface area contributed by atoms with Crippen molar-refractivity contribution in [2.75, 3.05) is 0 Å². The summed E-state index contributed by atoms with van der Waals surface area (Å²) in [5.41, 5.74) is 7.82. The van der Waals surface area contributed by atoms with Crippen LogP contribution in [0.5, 0.6) is 0 Å². The number of hydrogen-bond acceptors (Lipinski definition) is 2. The summed E-state index contributed by atoms with van der Waals surface area (Å²) in [6, 6.07) is 4.65. The lowest BCUT2D eigenvalue weighted by Gasteiger charge is -1.97. The van der Waals surface area contributed by atoms with Crippen LogP contribution in [0.3, 0.4) is 0 Å². The quantitative estimate of drug-likeness (QED) is 0.491. The van der Waals surface area contributed by atoms with Gasteiger partial charge in [0.05, 0.1) is 6.21 Å². The molecule has 0 unspecified atom stereocenters. The number of benzene rings is 1. The summed E-state index contributed by atoms with van der Waals surface area (Å²) in [4.78, 5) is 0. The normalized spacial score (nSPS) is 10.4. The highest BCUT2D eigenvalue weighted by Gasteiger charge is 1.98. The first-order valence-corrected chi connectivity index (χ1v) is 4.83. The second-order valence-electron chi connectivity index (χ2n) is 2.40. The number of hydrogen-bond donors (Lipinski definition) is 2. The Hall–Kier alpha value is -1.01. The average Bonchev–Trinajstić information content (AvgIpc) is 2.08. The molecule has 14 heavy (non-hydrogen) atoms. The van der Waals surface area contributed by atoms with E-state index in [1.807, 2.05) is 0 Å². The third kappa shape index (κ3) is 3.39. The number of nitrogens with zero attached hydrogens (tertiary/aromatic N) is 1. The van der Waals surface area contributed by atoms with Crippen molar-refractivity contribution in [3.63, 3.8) is 0 Å². The van der Waals surface area contributed by atoms with Crippen LogP contribution in [0.15, 0.2) is 27.8 Å². The minimum absolute atomic E-state index is 0.0405. The molecular weight excluding hydrogens is 269 g/mol. The van der Waals surface area contributed by atoms with Crippen LogP contribution in [0.25, 0.3) is 0 Å². The van der Waals surface area contributed by atoms with E-state index in [1.165, 1.54) is 12.3 Å². The van der Waals surface area contributed by atoms with Gasteiger partial charge in [-0.25, -0.2) is 4.39 Å². The Balaban J connectivity index is 2.76. The molecule has 0 aliphatic carbocycles. The van der Waals surface area contributed by atoms with Crippen molar-refractivity contribution in [1.82, 2.24) is 5.43 Å². The summed E-state index contributed by atoms with van der Waals surface area (Å²) in [5.74, 6) is -0.368. The monoisotopic (exact) mass is 275 g/mol. The fraction of sp³-hybridized carbons (Fsp3) is 0. The van der Waals surface area contributed by atoms with E-state index in [4.69, 9.17) is 5.73 Å². The predicted octanol–water partition coefficient (Wildman–Crippen LogP) is 1.76. The Morgan fingerprint density at radius 1 is 1.64 bits per heavy atom. The van der Waals surface area contributed by atoms with Crippen molar-refractivity contribution in [3.8, 4) is 0 Å². The van der Waals surface area contributed by atoms with Gasteiger partial charge in [0.1, 0.15) is 5.82 Å². The van der Waals surface area contributed by atoms with E-state index in [0.29, 0.717) is 10.0 Å². The van der Waals surface area contributed by atoms with E-state index < -0.39 is 0 Å². The molecule has 0 amide bonds. The first-order chi connectivity index (χ1) is 6.59. The second-order valence-corrected chi connectivity index (χ2v) is 3.76. The molecule has 0 radical (unpaired) electrons. The van der Waals surface area contributed by atoms with E-state index in [1.54, 1.807) is 12.1 Å². The molecule has 1 rings (SSSR count). The fourth-order valence-corrected chi connectivity index (χ4v) is 1.16. The Bertz CT molecular complexity index is 381. The SMILES string of the molecule is NC(=S)N/N=C/c1ccc(Br)cc1F. The minimum Gasteiger partial charge on any atom is -0.375 e. The molecule has 6 heteroatoms. The molecule has 0 aliphatic rings. The topological polar surface area (TPSA) is 50.4 Å². The third-order valence-electron chi connectivity index (χ3n) is 1.34. The predicted molar refractivity (Wildman–Crippen MR) is 61.6 cm³/mol. The molecule has 3 N–H and O–H groups in total. The van der Waals surface area contributed by atoms with Crippen LogP contribution in [-0.4, -0.2) is 11.3 Å². The summed E-state index contributed by atoms with van der Waals surface area (Å²) >= 11 is 7.66. The van der Waals surface area contributed by atoms with Gasteiger partial charge in [0.15, 0.2) is 5.11 Å². The van der Waals surface area contributed by atoms with E-state index in [-0.39, 0.29) is 10.9 Å². The van der Waals surface area contributed by atoms with E-state index in [2.05, 4.69) is 38.7 Å². The van der Waals surface area contributed by atoms with Gasteiger partial charge >= 0.3 is 0 Å². The third-order valence-corrected chi connectivity index (χ3v) is 1.93. The molecule has 0 fully saturated rings. The number of nitrogens with two attached hydrogens (primary N) is 1. The van der Waals surface area contributed by atoms with Gasteiger partial charge in [-0.05, 0) is 30.4 Å². The maximum absolute atomic E-state index is 13.2. The van der Waals surface area contributed by atoms with Crippen LogP contribution in [0.4, 0.5) is 4.39 Å². The van der Waals surface area contributed by atoms with Crippen LogP contribution in [0.1, 0.15) is 5.56 Å². The zero-order chi connectivity index (χ0) is 10.6. The minimum atomic E-state index is -0.368. The highest BCUT2D eigenvalue weighted by Crippen LogP contribution is 2.13. The van der Waals surface area contributed by atoms with E-state index >= 15 is 0 Å². The Morgan fingerprint density at radius 3 is 2.93 bits per heavy atom. The molecule has 0 aromatic heterocycles. The lowest BCUT2D eigenvalue weighted by atomic mass is 10.2. The molecule has 0 spiro atoms. The van der Waals surface area contributed by atoms with Gasteiger partial charge in [-0.2, -0.15) is 5.10 Å². The molecule has 1 aromatic carbocycles. The summed E-state index contributed by atoms with van der Waals surface area (Å²) in [7, 11) is 0. The first-order valence-electron chi connectivity index (χ1n) is 3.63. The molecule has 0 heterocycles. The molecule has 1 aromatic rings.